The smallest absolute Gasteiger partial charge is 0.408 e. The van der Waals surface area contributed by atoms with Crippen molar-refractivity contribution < 1.29 is 38.3 Å². The predicted octanol–water partition coefficient (Wildman–Crippen LogP) is 3.78. The first-order chi connectivity index (χ1) is 25.5. The van der Waals surface area contributed by atoms with Gasteiger partial charge in [0.1, 0.15) is 23.7 Å². The number of carbonyl (C=O) groups is 7. The molecule has 4 N–H and O–H groups in total. The Balaban J connectivity index is 1.79. The third kappa shape index (κ3) is 13.7. The van der Waals surface area contributed by atoms with Crippen molar-refractivity contribution in [1.29, 1.82) is 0 Å². The molecule has 1 aromatic carbocycles. The number of nitrogens with zero attached hydrogens (tertiary/aromatic N) is 2. The van der Waals surface area contributed by atoms with E-state index in [9.17, 15) is 33.6 Å². The lowest BCUT2D eigenvalue weighted by Crippen LogP contribution is -2.56. The van der Waals surface area contributed by atoms with Gasteiger partial charge in [0.2, 0.25) is 29.4 Å². The van der Waals surface area contributed by atoms with Crippen molar-refractivity contribution in [2.45, 2.75) is 135 Å². The number of fused-ring (bicyclic) bond motifs is 1. The van der Waals surface area contributed by atoms with Gasteiger partial charge in [0.25, 0.3) is 5.91 Å². The molecule has 2 aliphatic heterocycles. The molecular formula is C40H62N6O8. The fourth-order valence-electron chi connectivity index (χ4n) is 6.85. The number of carbonyl (C=O) groups excluding carboxylic acids is 7. The molecular weight excluding hydrogens is 692 g/mol. The van der Waals surface area contributed by atoms with Crippen LogP contribution < -0.4 is 21.3 Å². The highest BCUT2D eigenvalue weighted by molar-refractivity contribution is 6.38. The average molecular weight is 755 g/mol. The molecule has 1 aromatic rings. The van der Waals surface area contributed by atoms with Gasteiger partial charge in [0, 0.05) is 20.6 Å². The second-order valence-corrected chi connectivity index (χ2v) is 16.1. The van der Waals surface area contributed by atoms with Crippen molar-refractivity contribution in [3.8, 4) is 0 Å². The maximum absolute atomic E-state index is 14.2. The van der Waals surface area contributed by atoms with Crippen LogP contribution in [0.5, 0.6) is 0 Å². The average Bonchev–Trinajstić information content (AvgIpc) is 3.57. The number of ether oxygens (including phenoxy) is 1. The number of hydrogen-bond acceptors (Lipinski definition) is 8. The van der Waals surface area contributed by atoms with Crippen LogP contribution in [0.1, 0.15) is 117 Å². The summed E-state index contributed by atoms with van der Waals surface area (Å²) in [4.78, 5) is 96.6. The van der Waals surface area contributed by atoms with Gasteiger partial charge in [0.15, 0.2) is 0 Å². The van der Waals surface area contributed by atoms with E-state index in [1.165, 1.54) is 9.80 Å². The molecule has 0 aromatic heterocycles. The van der Waals surface area contributed by atoms with Crippen molar-refractivity contribution in [2.24, 2.45) is 11.8 Å². The second kappa shape index (κ2) is 20.8. The monoisotopic (exact) mass is 754 g/mol. The third-order valence-corrected chi connectivity index (χ3v) is 9.98. The molecule has 14 heteroatoms. The Morgan fingerprint density at radius 3 is 2.07 bits per heavy atom. The Bertz CT molecular complexity index is 1460. The number of rotatable bonds is 9. The van der Waals surface area contributed by atoms with E-state index in [1.807, 2.05) is 13.8 Å². The standard InChI is InChI=1S/C40H62N6O8/c1-26(2)28-23-31-35(49)42-29(34(48)36(50)41-24-32(47)44-33(38(52)45(6)7)27-19-15-14-16-20-27)21-17-12-10-8-9-11-13-18-22-30(37(51)46(31)25-28)43-39(53)54-40(3,4)5/h14-16,19-20,26,28-31,33H,8-13,17-18,21-25H2,1-7H3,(H,41,50)(H,42,49)(H,43,53)(H,44,47)/t28-,29+,30+,31+,33+/m1/s1. The Labute approximate surface area is 320 Å². The molecule has 2 heterocycles. The quantitative estimate of drug-likeness (QED) is 0.275. The van der Waals surface area contributed by atoms with Crippen molar-refractivity contribution in [2.75, 3.05) is 27.2 Å². The number of likely N-dealkylation sites (N-methyl/N-ethyl adjacent to an activating group) is 1. The molecule has 300 valence electrons. The SMILES string of the molecule is CC(C)[C@@H]1C[C@H]2C(=O)N[C@H](C(=O)C(=O)NCC(=O)N[C@H](C(=O)N(C)C)c3ccccc3)CCCCCCCCCC[C@H](NC(=O)OC(C)(C)C)C(=O)N2C1. The van der Waals surface area contributed by atoms with Gasteiger partial charge in [-0.25, -0.2) is 4.79 Å². The Hall–Kier alpha value is -4.49. The van der Waals surface area contributed by atoms with Crippen LogP contribution in [0.4, 0.5) is 4.79 Å². The fourth-order valence-corrected chi connectivity index (χ4v) is 6.85. The summed E-state index contributed by atoms with van der Waals surface area (Å²) in [5, 5.41) is 10.6. The fraction of sp³-hybridized carbons (Fsp3) is 0.675. The molecule has 0 aliphatic carbocycles. The van der Waals surface area contributed by atoms with E-state index in [0.717, 1.165) is 38.5 Å². The number of amides is 6. The van der Waals surface area contributed by atoms with Crippen LogP contribution in [-0.2, 0) is 33.5 Å². The van der Waals surface area contributed by atoms with Gasteiger partial charge in [-0.2, -0.15) is 0 Å². The van der Waals surface area contributed by atoms with Gasteiger partial charge < -0.3 is 35.8 Å². The summed E-state index contributed by atoms with van der Waals surface area (Å²) in [6.45, 7) is 9.01. The number of ketones is 1. The topological polar surface area (TPSA) is 183 Å². The van der Waals surface area contributed by atoms with Crippen LogP contribution in [-0.4, -0.2) is 102 Å². The first kappa shape index (κ1) is 43.9. The molecule has 6 amide bonds. The summed E-state index contributed by atoms with van der Waals surface area (Å²) < 4.78 is 5.47. The summed E-state index contributed by atoms with van der Waals surface area (Å²) in [5.74, 6) is -3.79. The molecule has 14 nitrogen and oxygen atoms in total. The van der Waals surface area contributed by atoms with E-state index in [4.69, 9.17) is 4.74 Å². The zero-order valence-electron chi connectivity index (χ0n) is 33.2. The lowest BCUT2D eigenvalue weighted by Gasteiger charge is -2.30. The molecule has 2 fully saturated rings. The Morgan fingerprint density at radius 1 is 0.907 bits per heavy atom. The van der Waals surface area contributed by atoms with Gasteiger partial charge in [-0.05, 0) is 57.4 Å². The number of nitrogens with one attached hydrogen (secondary N) is 4. The third-order valence-electron chi connectivity index (χ3n) is 9.98. The molecule has 54 heavy (non-hydrogen) atoms. The molecule has 5 atom stereocenters. The molecule has 3 rings (SSSR count). The summed E-state index contributed by atoms with van der Waals surface area (Å²) >= 11 is 0. The van der Waals surface area contributed by atoms with Crippen LogP contribution in [0.25, 0.3) is 0 Å². The molecule has 2 saturated heterocycles. The zero-order valence-corrected chi connectivity index (χ0v) is 33.2. The van der Waals surface area contributed by atoms with Crippen LogP contribution in [0.15, 0.2) is 30.3 Å². The number of Topliss-reactive ketones (excluding diaryl/α,β-unsaturated/α-hetero) is 1. The summed E-state index contributed by atoms with van der Waals surface area (Å²) in [5.41, 5.74) is -0.210. The predicted molar refractivity (Wildman–Crippen MR) is 204 cm³/mol. The maximum atomic E-state index is 14.2. The van der Waals surface area contributed by atoms with Gasteiger partial charge in [-0.15, -0.1) is 0 Å². The maximum Gasteiger partial charge on any atom is 0.408 e. The summed E-state index contributed by atoms with van der Waals surface area (Å²) in [6.07, 6.45) is 7.09. The van der Waals surface area contributed by atoms with Crippen molar-refractivity contribution in [1.82, 2.24) is 31.1 Å². The highest BCUT2D eigenvalue weighted by Gasteiger charge is 2.44. The minimum Gasteiger partial charge on any atom is -0.444 e. The van der Waals surface area contributed by atoms with E-state index < -0.39 is 65.9 Å². The van der Waals surface area contributed by atoms with Gasteiger partial charge >= 0.3 is 6.09 Å². The van der Waals surface area contributed by atoms with E-state index >= 15 is 0 Å². The van der Waals surface area contributed by atoms with E-state index in [0.29, 0.717) is 37.8 Å². The zero-order chi connectivity index (χ0) is 40.0. The number of alkyl carbamates (subject to hydrolysis) is 1. The van der Waals surface area contributed by atoms with E-state index in [2.05, 4.69) is 21.3 Å². The van der Waals surface area contributed by atoms with Crippen molar-refractivity contribution in [3.63, 3.8) is 0 Å². The molecule has 0 radical (unpaired) electrons. The van der Waals surface area contributed by atoms with Crippen LogP contribution >= 0.6 is 0 Å². The number of benzene rings is 1. The number of hydrogen-bond donors (Lipinski definition) is 4. The Kier molecular flexibility index (Phi) is 16.9. The van der Waals surface area contributed by atoms with Crippen LogP contribution in [0, 0.1) is 11.8 Å². The minimum absolute atomic E-state index is 0.00692. The lowest BCUT2D eigenvalue weighted by molar-refractivity contribution is -0.143. The molecule has 0 bridgehead atoms. The molecule has 0 spiro atoms. The molecule has 0 unspecified atom stereocenters. The first-order valence-corrected chi connectivity index (χ1v) is 19.5. The Morgan fingerprint density at radius 2 is 1.50 bits per heavy atom. The van der Waals surface area contributed by atoms with Crippen LogP contribution in [0.3, 0.4) is 0 Å². The van der Waals surface area contributed by atoms with Crippen molar-refractivity contribution >= 4 is 41.4 Å². The lowest BCUT2D eigenvalue weighted by atomic mass is 9.93. The summed E-state index contributed by atoms with van der Waals surface area (Å²) in [6, 6.07) is 4.67. The minimum atomic E-state index is -1.19. The highest BCUT2D eigenvalue weighted by atomic mass is 16.6. The highest BCUT2D eigenvalue weighted by Crippen LogP contribution is 2.31. The van der Waals surface area contributed by atoms with Crippen molar-refractivity contribution in [3.05, 3.63) is 35.9 Å². The van der Waals surface area contributed by atoms with Gasteiger partial charge in [0.05, 0.1) is 12.6 Å². The van der Waals surface area contributed by atoms with E-state index in [1.54, 1.807) is 65.2 Å². The summed E-state index contributed by atoms with van der Waals surface area (Å²) in [7, 11) is 3.14. The second-order valence-electron chi connectivity index (χ2n) is 16.1. The molecule has 2 aliphatic rings. The van der Waals surface area contributed by atoms with E-state index in [-0.39, 0.29) is 30.1 Å². The van der Waals surface area contributed by atoms with Crippen LogP contribution in [0.2, 0.25) is 0 Å². The molecule has 0 saturated carbocycles. The first-order valence-electron chi connectivity index (χ1n) is 19.5. The van der Waals surface area contributed by atoms with Gasteiger partial charge in [-0.1, -0.05) is 95.5 Å². The normalized spacial score (nSPS) is 22.6. The van der Waals surface area contributed by atoms with Gasteiger partial charge in [-0.3, -0.25) is 28.8 Å². The largest absolute Gasteiger partial charge is 0.444 e.